The standard InChI is InChI=1S/C16H22N2O5/c1-2-3-10-23-12-6-4-11(5-7-12)15(20)18-13(16(21)22)8-9-14(17)19/h4-7,13H,2-3,8-10H2,1H3,(H2,17,19)(H,18,20)(H,21,22)/p-1. The van der Waals surface area contributed by atoms with Crippen molar-refractivity contribution >= 4 is 17.8 Å². The van der Waals surface area contributed by atoms with Crippen molar-refractivity contribution in [3.63, 3.8) is 0 Å². The summed E-state index contributed by atoms with van der Waals surface area (Å²) < 4.78 is 5.48. The predicted molar refractivity (Wildman–Crippen MR) is 81.5 cm³/mol. The molecule has 1 aromatic rings. The third-order valence-corrected chi connectivity index (χ3v) is 3.15. The Bertz CT molecular complexity index is 542. The lowest BCUT2D eigenvalue weighted by atomic mass is 10.1. The highest BCUT2D eigenvalue weighted by Crippen LogP contribution is 2.13. The van der Waals surface area contributed by atoms with E-state index in [9.17, 15) is 19.5 Å². The number of ether oxygens (including phenoxy) is 1. The molecule has 0 heterocycles. The summed E-state index contributed by atoms with van der Waals surface area (Å²) in [5, 5.41) is 13.3. The summed E-state index contributed by atoms with van der Waals surface area (Å²) in [6.45, 7) is 2.66. The van der Waals surface area contributed by atoms with E-state index in [2.05, 4.69) is 12.2 Å². The molecule has 7 heteroatoms. The summed E-state index contributed by atoms with van der Waals surface area (Å²) in [5.74, 6) is -2.03. The normalized spacial score (nSPS) is 11.5. The van der Waals surface area contributed by atoms with Crippen molar-refractivity contribution in [2.24, 2.45) is 5.73 Å². The van der Waals surface area contributed by atoms with E-state index in [-0.39, 0.29) is 18.4 Å². The second-order valence-corrected chi connectivity index (χ2v) is 5.08. The average Bonchev–Trinajstić information content (AvgIpc) is 2.51. The molecule has 0 aliphatic carbocycles. The molecule has 126 valence electrons. The second-order valence-electron chi connectivity index (χ2n) is 5.08. The molecule has 1 rings (SSSR count). The first-order chi connectivity index (χ1) is 10.9. The number of carbonyl (C=O) groups is 3. The molecule has 0 aliphatic heterocycles. The predicted octanol–water partition coefficient (Wildman–Crippen LogP) is -0.0207. The number of benzene rings is 1. The van der Waals surface area contributed by atoms with Crippen LogP contribution in [-0.2, 0) is 9.59 Å². The van der Waals surface area contributed by atoms with E-state index in [1.54, 1.807) is 12.1 Å². The molecule has 23 heavy (non-hydrogen) atoms. The molecule has 0 spiro atoms. The van der Waals surface area contributed by atoms with Crippen LogP contribution in [-0.4, -0.2) is 30.4 Å². The molecule has 1 aromatic carbocycles. The van der Waals surface area contributed by atoms with Crippen molar-refractivity contribution in [2.45, 2.75) is 38.6 Å². The number of hydrogen-bond acceptors (Lipinski definition) is 5. The molecule has 2 amide bonds. The monoisotopic (exact) mass is 321 g/mol. The van der Waals surface area contributed by atoms with Gasteiger partial charge >= 0.3 is 0 Å². The van der Waals surface area contributed by atoms with Crippen molar-refractivity contribution in [1.29, 1.82) is 0 Å². The van der Waals surface area contributed by atoms with Crippen LogP contribution < -0.4 is 20.9 Å². The summed E-state index contributed by atoms with van der Waals surface area (Å²) >= 11 is 0. The minimum absolute atomic E-state index is 0.110. The van der Waals surface area contributed by atoms with E-state index in [0.717, 1.165) is 12.8 Å². The molecule has 7 nitrogen and oxygen atoms in total. The first-order valence-corrected chi connectivity index (χ1v) is 7.47. The first kappa shape index (κ1) is 18.5. The number of rotatable bonds is 10. The lowest BCUT2D eigenvalue weighted by Crippen LogP contribution is -2.48. The van der Waals surface area contributed by atoms with Crippen molar-refractivity contribution in [3.8, 4) is 5.75 Å². The van der Waals surface area contributed by atoms with Crippen LogP contribution in [0.1, 0.15) is 43.0 Å². The Morgan fingerprint density at radius 1 is 1.26 bits per heavy atom. The summed E-state index contributed by atoms with van der Waals surface area (Å²) in [7, 11) is 0. The number of nitrogens with one attached hydrogen (secondary N) is 1. The van der Waals surface area contributed by atoms with Gasteiger partial charge in [0.25, 0.3) is 5.91 Å². The zero-order chi connectivity index (χ0) is 17.2. The summed E-state index contributed by atoms with van der Waals surface area (Å²) in [6, 6.07) is 5.09. The van der Waals surface area contributed by atoms with E-state index in [4.69, 9.17) is 10.5 Å². The highest BCUT2D eigenvalue weighted by molar-refractivity contribution is 5.96. The number of carboxylic acid groups (broad SMARTS) is 1. The topological polar surface area (TPSA) is 122 Å². The van der Waals surface area contributed by atoms with Gasteiger partial charge in [0.1, 0.15) is 5.75 Å². The minimum Gasteiger partial charge on any atom is -0.548 e. The van der Waals surface area contributed by atoms with Gasteiger partial charge in [-0.2, -0.15) is 0 Å². The van der Waals surface area contributed by atoms with Crippen LogP contribution in [0.15, 0.2) is 24.3 Å². The van der Waals surface area contributed by atoms with Crippen LogP contribution in [0, 0.1) is 0 Å². The molecular weight excluding hydrogens is 300 g/mol. The van der Waals surface area contributed by atoms with Crippen molar-refractivity contribution in [1.82, 2.24) is 5.32 Å². The van der Waals surface area contributed by atoms with Gasteiger partial charge in [-0.25, -0.2) is 0 Å². The third-order valence-electron chi connectivity index (χ3n) is 3.15. The molecule has 0 aromatic heterocycles. The van der Waals surface area contributed by atoms with Gasteiger partial charge in [-0.3, -0.25) is 9.59 Å². The number of hydrogen-bond donors (Lipinski definition) is 2. The molecule has 0 fully saturated rings. The maximum atomic E-state index is 12.0. The molecule has 3 N–H and O–H groups in total. The Kier molecular flexibility index (Phi) is 7.59. The Balaban J connectivity index is 2.61. The van der Waals surface area contributed by atoms with Gasteiger partial charge < -0.3 is 25.7 Å². The lowest BCUT2D eigenvalue weighted by molar-refractivity contribution is -0.308. The molecule has 0 bridgehead atoms. The lowest BCUT2D eigenvalue weighted by Gasteiger charge is -2.19. The fourth-order valence-electron chi connectivity index (χ4n) is 1.81. The van der Waals surface area contributed by atoms with Crippen LogP contribution in [0.3, 0.4) is 0 Å². The van der Waals surface area contributed by atoms with Gasteiger partial charge in [-0.15, -0.1) is 0 Å². The van der Waals surface area contributed by atoms with E-state index in [0.29, 0.717) is 12.4 Å². The highest BCUT2D eigenvalue weighted by Gasteiger charge is 2.15. The number of carbonyl (C=O) groups excluding carboxylic acids is 3. The Morgan fingerprint density at radius 2 is 1.91 bits per heavy atom. The zero-order valence-corrected chi connectivity index (χ0v) is 13.0. The average molecular weight is 321 g/mol. The maximum Gasteiger partial charge on any atom is 0.251 e. The Hall–Kier alpha value is -2.57. The number of aliphatic carboxylic acids is 1. The van der Waals surface area contributed by atoms with Gasteiger partial charge in [0.15, 0.2) is 0 Å². The van der Waals surface area contributed by atoms with Crippen molar-refractivity contribution in [3.05, 3.63) is 29.8 Å². The van der Waals surface area contributed by atoms with Crippen LogP contribution in [0.2, 0.25) is 0 Å². The number of primary amides is 1. The van der Waals surface area contributed by atoms with Gasteiger partial charge in [0.2, 0.25) is 5.91 Å². The number of nitrogens with two attached hydrogens (primary N) is 1. The fraction of sp³-hybridized carbons (Fsp3) is 0.438. The fourth-order valence-corrected chi connectivity index (χ4v) is 1.81. The van der Waals surface area contributed by atoms with Crippen molar-refractivity contribution in [2.75, 3.05) is 6.61 Å². The van der Waals surface area contributed by atoms with Crippen LogP contribution in [0.25, 0.3) is 0 Å². The smallest absolute Gasteiger partial charge is 0.251 e. The molecular formula is C16H21N2O5-. The van der Waals surface area contributed by atoms with E-state index in [1.807, 2.05) is 0 Å². The maximum absolute atomic E-state index is 12.0. The highest BCUT2D eigenvalue weighted by atomic mass is 16.5. The van der Waals surface area contributed by atoms with Crippen LogP contribution in [0.5, 0.6) is 5.75 Å². The largest absolute Gasteiger partial charge is 0.548 e. The zero-order valence-electron chi connectivity index (χ0n) is 13.0. The molecule has 0 saturated heterocycles. The summed E-state index contributed by atoms with van der Waals surface area (Å²) in [6.07, 6.45) is 1.70. The molecule has 0 radical (unpaired) electrons. The van der Waals surface area contributed by atoms with E-state index in [1.165, 1.54) is 12.1 Å². The minimum atomic E-state index is -1.46. The number of carboxylic acids is 1. The molecule has 1 unspecified atom stereocenters. The summed E-state index contributed by atoms with van der Waals surface area (Å²) in [5.41, 5.74) is 5.26. The molecule has 1 atom stereocenters. The second kappa shape index (κ2) is 9.45. The van der Waals surface area contributed by atoms with Gasteiger partial charge in [0, 0.05) is 12.0 Å². The SMILES string of the molecule is CCCCOc1ccc(C(=O)NC(CCC(N)=O)C(=O)[O-])cc1. The van der Waals surface area contributed by atoms with Gasteiger partial charge in [-0.05, 0) is 37.1 Å². The summed E-state index contributed by atoms with van der Waals surface area (Å²) in [4.78, 5) is 33.7. The van der Waals surface area contributed by atoms with Gasteiger partial charge in [-0.1, -0.05) is 13.3 Å². The third kappa shape index (κ3) is 6.82. The van der Waals surface area contributed by atoms with Gasteiger partial charge in [0.05, 0.1) is 18.6 Å². The number of unbranched alkanes of at least 4 members (excludes halogenated alkanes) is 1. The Labute approximate surface area is 134 Å². The Morgan fingerprint density at radius 3 is 2.43 bits per heavy atom. The van der Waals surface area contributed by atoms with Crippen LogP contribution >= 0.6 is 0 Å². The quantitative estimate of drug-likeness (QED) is 0.586. The van der Waals surface area contributed by atoms with Crippen LogP contribution in [0.4, 0.5) is 0 Å². The van der Waals surface area contributed by atoms with E-state index >= 15 is 0 Å². The van der Waals surface area contributed by atoms with E-state index < -0.39 is 23.8 Å². The molecule has 0 saturated carbocycles. The number of amides is 2. The first-order valence-electron chi connectivity index (χ1n) is 7.47. The van der Waals surface area contributed by atoms with Crippen molar-refractivity contribution < 1.29 is 24.2 Å². The molecule has 0 aliphatic rings.